The van der Waals surface area contributed by atoms with Gasteiger partial charge in [0, 0.05) is 26.4 Å². The van der Waals surface area contributed by atoms with Crippen LogP contribution in [0.4, 0.5) is 0 Å². The Hall–Kier alpha value is -0.630. The minimum atomic E-state index is -3.82. The van der Waals surface area contributed by atoms with E-state index in [9.17, 15) is 8.42 Å². The standard InChI is InChI=1S/C12H26N2O3S.H2O/c1-5-8-13(2)9-6-10-14(3,4)11-7-12-18(15,16)17;/h5,8H,6-7,9-12H2,1-4H3;1H2. The average molecular weight is 296 g/mol. The maximum atomic E-state index is 10.6. The highest BCUT2D eigenvalue weighted by atomic mass is 32.2. The molecule has 0 bridgehead atoms. The van der Waals surface area contributed by atoms with E-state index in [1.54, 1.807) is 0 Å². The van der Waals surface area contributed by atoms with Gasteiger partial charge >= 0.3 is 0 Å². The lowest BCUT2D eigenvalue weighted by atomic mass is 10.3. The molecule has 0 radical (unpaired) electrons. The summed E-state index contributed by atoms with van der Waals surface area (Å²) < 4.78 is 30.7. The molecule has 0 saturated heterocycles. The van der Waals surface area contributed by atoms with Gasteiger partial charge in [-0.2, -0.15) is 8.42 Å². The van der Waals surface area contributed by atoms with Gasteiger partial charge < -0.3 is 14.9 Å². The van der Waals surface area contributed by atoms with Crippen molar-refractivity contribution in [3.8, 4) is 0 Å². The van der Waals surface area contributed by atoms with Crippen LogP contribution in [-0.4, -0.2) is 74.4 Å². The summed E-state index contributed by atoms with van der Waals surface area (Å²) in [4.78, 5) is 2.14. The first-order valence-electron chi connectivity index (χ1n) is 6.26. The van der Waals surface area contributed by atoms with Crippen LogP contribution in [0.15, 0.2) is 12.3 Å². The first-order valence-corrected chi connectivity index (χ1v) is 7.87. The Morgan fingerprint density at radius 3 is 2.21 bits per heavy atom. The Morgan fingerprint density at radius 2 is 1.74 bits per heavy atom. The molecule has 0 atom stereocenters. The maximum absolute atomic E-state index is 10.6. The van der Waals surface area contributed by atoms with Gasteiger partial charge in [-0.05, 0) is 13.1 Å². The summed E-state index contributed by atoms with van der Waals surface area (Å²) >= 11 is 0. The average Bonchev–Trinajstić information content (AvgIpc) is 2.14. The number of hydrogen-bond acceptors (Lipinski definition) is 4. The third kappa shape index (κ3) is 13.6. The van der Waals surface area contributed by atoms with E-state index in [0.717, 1.165) is 30.5 Å². The zero-order chi connectivity index (χ0) is 14.2. The predicted octanol–water partition coefficient (Wildman–Crippen LogP) is 1.02. The molecule has 0 aliphatic carbocycles. The van der Waals surface area contributed by atoms with Crippen LogP contribution in [0.5, 0.6) is 0 Å². The van der Waals surface area contributed by atoms with Crippen molar-refractivity contribution < 1.29 is 22.9 Å². The minimum Gasteiger partial charge on any atom is -0.870 e. The Labute approximate surface area is 117 Å². The van der Waals surface area contributed by atoms with E-state index < -0.39 is 10.1 Å². The summed E-state index contributed by atoms with van der Waals surface area (Å²) in [6, 6.07) is 0. The second kappa shape index (κ2) is 9.30. The van der Waals surface area contributed by atoms with Crippen LogP contribution in [0.3, 0.4) is 0 Å². The van der Waals surface area contributed by atoms with Crippen molar-refractivity contribution in [2.45, 2.75) is 19.8 Å². The summed E-state index contributed by atoms with van der Waals surface area (Å²) in [6.07, 6.45) is 5.60. The number of allylic oxidation sites excluding steroid dienone is 1. The highest BCUT2D eigenvalue weighted by molar-refractivity contribution is 7.85. The highest BCUT2D eigenvalue weighted by Gasteiger charge is 2.16. The van der Waals surface area contributed by atoms with Crippen LogP contribution < -0.4 is 0 Å². The van der Waals surface area contributed by atoms with Crippen molar-refractivity contribution in [3.05, 3.63) is 12.3 Å². The van der Waals surface area contributed by atoms with Crippen molar-refractivity contribution in [3.63, 3.8) is 0 Å². The molecule has 0 heterocycles. The molecule has 19 heavy (non-hydrogen) atoms. The van der Waals surface area contributed by atoms with Gasteiger partial charge in [0.15, 0.2) is 0 Å². The van der Waals surface area contributed by atoms with E-state index in [-0.39, 0.29) is 11.2 Å². The minimum absolute atomic E-state index is 0. The molecule has 0 aliphatic rings. The number of quaternary nitrogens is 1. The third-order valence-corrected chi connectivity index (χ3v) is 3.65. The predicted molar refractivity (Wildman–Crippen MR) is 76.9 cm³/mol. The Morgan fingerprint density at radius 1 is 1.21 bits per heavy atom. The second-order valence-corrected chi connectivity index (χ2v) is 6.91. The molecule has 0 saturated carbocycles. The van der Waals surface area contributed by atoms with Crippen molar-refractivity contribution in [1.29, 1.82) is 0 Å². The second-order valence-electron chi connectivity index (χ2n) is 5.34. The van der Waals surface area contributed by atoms with Gasteiger partial charge in [0.25, 0.3) is 10.1 Å². The summed E-state index contributed by atoms with van der Waals surface area (Å²) in [6.45, 7) is 4.73. The molecule has 0 fully saturated rings. The van der Waals surface area contributed by atoms with Crippen molar-refractivity contribution >= 4 is 10.1 Å². The van der Waals surface area contributed by atoms with E-state index in [1.807, 2.05) is 26.2 Å². The molecule has 0 aromatic heterocycles. The van der Waals surface area contributed by atoms with Crippen LogP contribution in [0.1, 0.15) is 19.8 Å². The summed E-state index contributed by atoms with van der Waals surface area (Å²) in [7, 11) is 2.39. The van der Waals surface area contributed by atoms with Gasteiger partial charge in [-0.1, -0.05) is 6.08 Å². The lowest BCUT2D eigenvalue weighted by Gasteiger charge is -2.30. The molecule has 7 heteroatoms. The molecular weight excluding hydrogens is 268 g/mol. The first-order chi connectivity index (χ1) is 8.16. The Bertz CT molecular complexity index is 353. The fourth-order valence-electron chi connectivity index (χ4n) is 1.86. The van der Waals surface area contributed by atoms with E-state index in [2.05, 4.69) is 19.0 Å². The lowest BCUT2D eigenvalue weighted by molar-refractivity contribution is -0.890. The number of hydrogen-bond donors (Lipinski definition) is 1. The molecule has 0 unspecified atom stereocenters. The van der Waals surface area contributed by atoms with E-state index in [0.29, 0.717) is 6.42 Å². The molecule has 6 nitrogen and oxygen atoms in total. The molecule has 0 spiro atoms. The zero-order valence-electron chi connectivity index (χ0n) is 12.4. The summed E-state index contributed by atoms with van der Waals surface area (Å²) in [5.74, 6) is -0.146. The molecular formula is C12H28N2O4S. The van der Waals surface area contributed by atoms with Gasteiger partial charge in [0.1, 0.15) is 0 Å². The van der Waals surface area contributed by atoms with Crippen LogP contribution in [-0.2, 0) is 10.1 Å². The van der Waals surface area contributed by atoms with Gasteiger partial charge in [0.2, 0.25) is 0 Å². The zero-order valence-corrected chi connectivity index (χ0v) is 13.2. The monoisotopic (exact) mass is 296 g/mol. The normalized spacial score (nSPS) is 12.5. The Kier molecular flexibility index (Phi) is 10.1. The summed E-state index contributed by atoms with van der Waals surface area (Å²) in [5, 5.41) is 0. The lowest BCUT2D eigenvalue weighted by Crippen LogP contribution is -2.42. The molecule has 0 aromatic carbocycles. The van der Waals surface area contributed by atoms with Crippen LogP contribution >= 0.6 is 0 Å². The molecule has 116 valence electrons. The van der Waals surface area contributed by atoms with Crippen molar-refractivity contribution in [2.75, 3.05) is 46.5 Å². The van der Waals surface area contributed by atoms with Crippen LogP contribution in [0.25, 0.3) is 0 Å². The number of nitrogens with zero attached hydrogens (tertiary/aromatic N) is 2. The van der Waals surface area contributed by atoms with Gasteiger partial charge in [-0.3, -0.25) is 4.55 Å². The molecule has 0 aliphatic heterocycles. The molecule has 0 amide bonds. The summed E-state index contributed by atoms with van der Waals surface area (Å²) in [5.41, 5.74) is 0. The maximum Gasteiger partial charge on any atom is 0.265 e. The largest absolute Gasteiger partial charge is 0.870 e. The van der Waals surface area contributed by atoms with Crippen LogP contribution in [0, 0.1) is 0 Å². The van der Waals surface area contributed by atoms with Gasteiger partial charge in [-0.15, -0.1) is 0 Å². The third-order valence-electron chi connectivity index (χ3n) is 2.84. The SMILES string of the molecule is CC=CN(C)CCC[N+](C)(C)CCCS(=O)(=O)O.[OH-]. The molecule has 2 N–H and O–H groups in total. The van der Waals surface area contributed by atoms with Crippen molar-refractivity contribution in [2.24, 2.45) is 0 Å². The van der Waals surface area contributed by atoms with E-state index in [4.69, 9.17) is 4.55 Å². The smallest absolute Gasteiger partial charge is 0.265 e. The van der Waals surface area contributed by atoms with Crippen molar-refractivity contribution in [1.82, 2.24) is 4.90 Å². The van der Waals surface area contributed by atoms with E-state index in [1.165, 1.54) is 0 Å². The number of rotatable bonds is 9. The van der Waals surface area contributed by atoms with Gasteiger partial charge in [0.05, 0.1) is 32.9 Å². The first kappa shape index (κ1) is 20.7. The van der Waals surface area contributed by atoms with Gasteiger partial charge in [-0.25, -0.2) is 0 Å². The molecule has 0 rings (SSSR count). The van der Waals surface area contributed by atoms with E-state index >= 15 is 0 Å². The quantitative estimate of drug-likeness (QED) is 0.507. The fraction of sp³-hybridized carbons (Fsp3) is 0.833. The molecule has 0 aromatic rings. The highest BCUT2D eigenvalue weighted by Crippen LogP contribution is 2.03. The topological polar surface area (TPSA) is 87.6 Å². The van der Waals surface area contributed by atoms with Crippen LogP contribution in [0.2, 0.25) is 0 Å². The fourth-order valence-corrected chi connectivity index (χ4v) is 2.36. The Balaban J connectivity index is 0.